The van der Waals surface area contributed by atoms with Gasteiger partial charge in [0.15, 0.2) is 0 Å². The number of aromatic nitrogens is 2. The van der Waals surface area contributed by atoms with Gasteiger partial charge in [0.1, 0.15) is 10.7 Å². The van der Waals surface area contributed by atoms with Crippen molar-refractivity contribution in [3.8, 4) is 5.69 Å². The summed E-state index contributed by atoms with van der Waals surface area (Å²) in [6, 6.07) is 25.6. The predicted molar refractivity (Wildman–Crippen MR) is 114 cm³/mol. The summed E-state index contributed by atoms with van der Waals surface area (Å²) < 4.78 is 3.61. The van der Waals surface area contributed by atoms with E-state index in [1.54, 1.807) is 0 Å². The number of hydrogen-bond acceptors (Lipinski definition) is 4. The van der Waals surface area contributed by atoms with E-state index < -0.39 is 0 Å². The van der Waals surface area contributed by atoms with E-state index in [2.05, 4.69) is 87.4 Å². The first kappa shape index (κ1) is 13.9. The minimum Gasteiger partial charge on any atom is -0.400 e. The second kappa shape index (κ2) is 4.72. The van der Waals surface area contributed by atoms with Crippen LogP contribution in [0.2, 0.25) is 0 Å². The molecule has 2 aromatic heterocycles. The summed E-state index contributed by atoms with van der Waals surface area (Å²) in [7, 11) is 0. The average Bonchev–Trinajstić information content (AvgIpc) is 3.37. The van der Waals surface area contributed by atoms with E-state index in [9.17, 15) is 0 Å². The fraction of sp³-hybridized carbons (Fsp3) is 0. The van der Waals surface area contributed by atoms with Gasteiger partial charge in [-0.15, -0.1) is 11.3 Å². The third kappa shape index (κ3) is 1.62. The maximum absolute atomic E-state index is 5.00. The monoisotopic (exact) mass is 364 g/mol. The number of hydrogen-bond donors (Lipinski definition) is 1. The van der Waals surface area contributed by atoms with E-state index in [1.807, 2.05) is 11.3 Å². The number of anilines is 3. The number of rotatable bonds is 0. The summed E-state index contributed by atoms with van der Waals surface area (Å²) in [5.74, 6) is 0. The van der Waals surface area contributed by atoms with Crippen LogP contribution in [-0.2, 0) is 0 Å². The normalized spacial score (nSPS) is 14.1. The van der Waals surface area contributed by atoms with Gasteiger partial charge in [0, 0.05) is 10.1 Å². The highest BCUT2D eigenvalue weighted by Gasteiger charge is 2.46. The molecule has 0 atom stereocenters. The molecule has 0 fully saturated rings. The summed E-state index contributed by atoms with van der Waals surface area (Å²) in [5, 5.41) is 6.33. The molecule has 0 saturated carbocycles. The van der Waals surface area contributed by atoms with Crippen molar-refractivity contribution < 1.29 is 0 Å². The third-order valence-corrected chi connectivity index (χ3v) is 6.72. The Morgan fingerprint density at radius 2 is 1.63 bits per heavy atom. The van der Waals surface area contributed by atoms with Gasteiger partial charge in [-0.1, -0.05) is 42.5 Å². The van der Waals surface area contributed by atoms with Crippen LogP contribution in [0.15, 0.2) is 72.8 Å². The van der Waals surface area contributed by atoms with Crippen LogP contribution in [0.4, 0.5) is 16.4 Å². The zero-order valence-corrected chi connectivity index (χ0v) is 15.1. The van der Waals surface area contributed by atoms with Crippen LogP contribution in [0, 0.1) is 0 Å². The first-order chi connectivity index (χ1) is 13.4. The molecule has 3 aromatic carbocycles. The smallest absolute Gasteiger partial charge is 0.400 e. The number of nitrogens with zero attached hydrogens (tertiary/aromatic N) is 3. The van der Waals surface area contributed by atoms with Gasteiger partial charge >= 0.3 is 6.98 Å². The number of benzene rings is 3. The fourth-order valence-electron chi connectivity index (χ4n) is 4.43. The standard InChI is InChI=1S/C21H13BN4S/c1-6-12-18-13(7-1)19-20(27-18)26-17-11-5-4-10-16(17)25-15-9-3-2-8-14(15)23-21(25)22(26)24-19/h1-12,24H. The van der Waals surface area contributed by atoms with Crippen LogP contribution in [0.3, 0.4) is 0 Å². The molecule has 1 N–H and O–H groups in total. The Bertz CT molecular complexity index is 1390. The zero-order valence-electron chi connectivity index (χ0n) is 14.3. The number of imidazole rings is 1. The van der Waals surface area contributed by atoms with E-state index in [0.717, 1.165) is 16.8 Å². The van der Waals surface area contributed by atoms with Crippen molar-refractivity contribution in [1.29, 1.82) is 0 Å². The number of fused-ring (bicyclic) bond motifs is 12. The SMILES string of the molecule is c1ccc2c(c1)N1B(Nc3c1sc1ccccc31)c1nc3ccccc3n1-2. The van der Waals surface area contributed by atoms with Crippen molar-refractivity contribution in [2.75, 3.05) is 10.0 Å². The van der Waals surface area contributed by atoms with Crippen molar-refractivity contribution in [3.05, 3.63) is 72.8 Å². The molecule has 2 aliphatic heterocycles. The highest BCUT2D eigenvalue weighted by atomic mass is 32.1. The van der Waals surface area contributed by atoms with Crippen LogP contribution in [0.25, 0.3) is 26.8 Å². The molecular weight excluding hydrogens is 351 g/mol. The highest BCUT2D eigenvalue weighted by molar-refractivity contribution is 7.25. The molecule has 0 bridgehead atoms. The molecule has 0 saturated heterocycles. The summed E-state index contributed by atoms with van der Waals surface area (Å²) in [5.41, 5.74) is 6.85. The van der Waals surface area contributed by atoms with Gasteiger partial charge in [-0.05, 0) is 30.3 Å². The van der Waals surface area contributed by atoms with Gasteiger partial charge in [-0.25, -0.2) is 4.98 Å². The molecule has 126 valence electrons. The Morgan fingerprint density at radius 3 is 2.59 bits per heavy atom. The quantitative estimate of drug-likeness (QED) is 0.411. The first-order valence-electron chi connectivity index (χ1n) is 9.04. The maximum Gasteiger partial charge on any atom is 0.452 e. The van der Waals surface area contributed by atoms with Crippen molar-refractivity contribution >= 4 is 61.5 Å². The fourth-order valence-corrected chi connectivity index (χ4v) is 5.63. The summed E-state index contributed by atoms with van der Waals surface area (Å²) in [6.07, 6.45) is 0. The molecule has 4 heterocycles. The second-order valence-corrected chi connectivity index (χ2v) is 8.01. The van der Waals surface area contributed by atoms with Crippen LogP contribution in [0.5, 0.6) is 0 Å². The van der Waals surface area contributed by atoms with E-state index in [0.29, 0.717) is 0 Å². The van der Waals surface area contributed by atoms with E-state index in [-0.39, 0.29) is 6.98 Å². The molecule has 0 spiro atoms. The van der Waals surface area contributed by atoms with Crippen molar-refractivity contribution in [2.45, 2.75) is 0 Å². The molecular formula is C21H13BN4S. The van der Waals surface area contributed by atoms with Crippen molar-refractivity contribution in [2.24, 2.45) is 0 Å². The first-order valence-corrected chi connectivity index (χ1v) is 9.86. The Balaban J connectivity index is 1.59. The molecule has 0 radical (unpaired) electrons. The van der Waals surface area contributed by atoms with E-state index in [1.165, 1.54) is 32.1 Å². The van der Waals surface area contributed by atoms with Crippen LogP contribution in [0.1, 0.15) is 0 Å². The highest BCUT2D eigenvalue weighted by Crippen LogP contribution is 2.51. The Morgan fingerprint density at radius 1 is 0.852 bits per heavy atom. The third-order valence-electron chi connectivity index (χ3n) is 5.55. The molecule has 0 amide bonds. The Kier molecular flexibility index (Phi) is 2.43. The van der Waals surface area contributed by atoms with E-state index >= 15 is 0 Å². The molecule has 0 aliphatic carbocycles. The molecule has 6 heteroatoms. The van der Waals surface area contributed by atoms with Gasteiger partial charge in [0.2, 0.25) is 0 Å². The minimum atomic E-state index is 0.0122. The van der Waals surface area contributed by atoms with E-state index in [4.69, 9.17) is 4.98 Å². The van der Waals surface area contributed by atoms with Crippen molar-refractivity contribution in [3.63, 3.8) is 0 Å². The minimum absolute atomic E-state index is 0.0122. The maximum atomic E-state index is 5.00. The molecule has 5 aromatic rings. The molecule has 2 aliphatic rings. The van der Waals surface area contributed by atoms with Gasteiger partial charge in [0.25, 0.3) is 0 Å². The largest absolute Gasteiger partial charge is 0.452 e. The van der Waals surface area contributed by atoms with Crippen LogP contribution < -0.4 is 15.8 Å². The Hall–Kier alpha value is -3.25. The second-order valence-electron chi connectivity index (χ2n) is 6.98. The predicted octanol–water partition coefficient (Wildman–Crippen LogP) is 4.51. The van der Waals surface area contributed by atoms with Gasteiger partial charge < -0.3 is 10.0 Å². The molecule has 7 rings (SSSR count). The number of thiophene rings is 1. The average molecular weight is 364 g/mol. The van der Waals surface area contributed by atoms with Crippen LogP contribution in [-0.4, -0.2) is 16.5 Å². The lowest BCUT2D eigenvalue weighted by Gasteiger charge is -2.31. The van der Waals surface area contributed by atoms with Crippen molar-refractivity contribution in [1.82, 2.24) is 9.55 Å². The lowest BCUT2D eigenvalue weighted by molar-refractivity contribution is 1.10. The topological polar surface area (TPSA) is 33.1 Å². The zero-order chi connectivity index (χ0) is 17.5. The summed E-state index contributed by atoms with van der Waals surface area (Å²) >= 11 is 1.84. The van der Waals surface area contributed by atoms with Crippen LogP contribution >= 0.6 is 11.3 Å². The molecule has 27 heavy (non-hydrogen) atoms. The molecule has 0 unspecified atom stereocenters. The lowest BCUT2D eigenvalue weighted by atomic mass is 9.72. The van der Waals surface area contributed by atoms with Gasteiger partial charge in [-0.3, -0.25) is 4.57 Å². The number of nitrogens with one attached hydrogen (secondary N) is 1. The lowest BCUT2D eigenvalue weighted by Crippen LogP contribution is -2.55. The van der Waals surface area contributed by atoms with Gasteiger partial charge in [0.05, 0.1) is 28.1 Å². The Labute approximate surface area is 159 Å². The summed E-state index contributed by atoms with van der Waals surface area (Å²) in [6.45, 7) is 0.0122. The molecule has 4 nitrogen and oxygen atoms in total. The summed E-state index contributed by atoms with van der Waals surface area (Å²) in [4.78, 5) is 7.41. The van der Waals surface area contributed by atoms with Gasteiger partial charge in [-0.2, -0.15) is 0 Å². The number of para-hydroxylation sites is 4.